The molecule has 5 nitrogen and oxygen atoms in total. The van der Waals surface area contributed by atoms with E-state index in [4.69, 9.17) is 14.9 Å². The molecule has 2 N–H and O–H groups in total. The molecule has 0 amide bonds. The van der Waals surface area contributed by atoms with E-state index in [1.54, 1.807) is 27.0 Å². The van der Waals surface area contributed by atoms with Crippen LogP contribution < -0.4 is 0 Å². The molecule has 0 aromatic heterocycles. The van der Waals surface area contributed by atoms with Gasteiger partial charge in [0, 0.05) is 20.1 Å². The van der Waals surface area contributed by atoms with Gasteiger partial charge in [-0.25, -0.2) is 0 Å². The molecular weight excluding hydrogens is 524 g/mol. The van der Waals surface area contributed by atoms with E-state index >= 15 is 0 Å². The molecular formula is C37H54O5. The van der Waals surface area contributed by atoms with Crippen molar-refractivity contribution < 1.29 is 24.5 Å². The molecule has 0 aliphatic rings. The van der Waals surface area contributed by atoms with Gasteiger partial charge in [0.2, 0.25) is 0 Å². The third-order valence-corrected chi connectivity index (χ3v) is 6.07. The third-order valence-electron chi connectivity index (χ3n) is 6.07. The van der Waals surface area contributed by atoms with Crippen molar-refractivity contribution in [3.63, 3.8) is 0 Å². The number of unbranched alkanes of at least 4 members (excludes halogenated alkanes) is 1. The van der Waals surface area contributed by atoms with Gasteiger partial charge >= 0.3 is 0 Å². The SMILES string of the molecule is C=C/C(C/C=C\C)=C(C(C)=O)/C(OC)=C(\C)c1ccc(-c2ccc(C)cc2)cc1.CCCCC(C)=O.CCCO.CO. The number of aliphatic hydroxyl groups is 2. The number of benzene rings is 2. The number of carbonyl (C=O) groups is 2. The zero-order chi connectivity index (χ0) is 32.5. The van der Waals surface area contributed by atoms with Crippen LogP contribution in [0, 0.1) is 6.92 Å². The number of carbonyl (C=O) groups excluding carboxylic acids is 2. The summed E-state index contributed by atoms with van der Waals surface area (Å²) in [5.74, 6) is 0.874. The first kappa shape index (κ1) is 40.6. The maximum atomic E-state index is 12.5. The molecule has 0 spiro atoms. The number of allylic oxidation sites excluding steroid dienone is 6. The average Bonchev–Trinajstić information content (AvgIpc) is 3.01. The Morgan fingerprint density at radius 3 is 1.74 bits per heavy atom. The van der Waals surface area contributed by atoms with Crippen molar-refractivity contribution in [3.05, 3.63) is 101 Å². The molecule has 0 fully saturated rings. The van der Waals surface area contributed by atoms with E-state index in [1.807, 2.05) is 32.9 Å². The van der Waals surface area contributed by atoms with E-state index in [9.17, 15) is 9.59 Å². The fourth-order valence-electron chi connectivity index (χ4n) is 3.72. The van der Waals surface area contributed by atoms with Crippen molar-refractivity contribution in [2.75, 3.05) is 20.8 Å². The second-order valence-corrected chi connectivity index (χ2v) is 9.56. The number of Topliss-reactive ketones (excluding diaryl/α,β-unsaturated/α-hetero) is 2. The Morgan fingerprint density at radius 1 is 0.905 bits per heavy atom. The summed E-state index contributed by atoms with van der Waals surface area (Å²) < 4.78 is 5.71. The highest BCUT2D eigenvalue weighted by atomic mass is 16.5. The van der Waals surface area contributed by atoms with E-state index in [2.05, 4.69) is 69.0 Å². The number of aliphatic hydroxyl groups excluding tert-OH is 2. The standard InChI is InChI=1S/C27H30O2.C6H12O.C3H8O.CH4O/c1-7-9-10-22(8-2)26(21(5)28)27(29-6)20(4)23-15-17-25(18-16-23)24-13-11-19(3)12-14-24;1-3-4-5-6(2)7;1-2-3-4;1-2/h7-9,11-18H,2,10H2,1,3-6H3;3-5H2,1-2H3;4H,2-3H2,1H3;2H,1H3/b9-7-,26-22-,27-20-;;;. The lowest BCUT2D eigenvalue weighted by Gasteiger charge is -2.16. The Balaban J connectivity index is 0. The van der Waals surface area contributed by atoms with Crippen molar-refractivity contribution in [2.24, 2.45) is 0 Å². The molecule has 2 rings (SSSR count). The van der Waals surface area contributed by atoms with Gasteiger partial charge in [0.05, 0.1) is 12.7 Å². The molecule has 0 saturated carbocycles. The largest absolute Gasteiger partial charge is 0.496 e. The van der Waals surface area contributed by atoms with Crippen molar-refractivity contribution in [2.45, 2.75) is 80.6 Å². The van der Waals surface area contributed by atoms with Crippen molar-refractivity contribution in [1.82, 2.24) is 0 Å². The summed E-state index contributed by atoms with van der Waals surface area (Å²) in [4.78, 5) is 22.7. The van der Waals surface area contributed by atoms with Crippen LogP contribution in [0.1, 0.15) is 84.8 Å². The number of aryl methyl sites for hydroxylation is 1. The molecule has 42 heavy (non-hydrogen) atoms. The van der Waals surface area contributed by atoms with Crippen molar-refractivity contribution in [1.29, 1.82) is 0 Å². The number of hydrogen-bond acceptors (Lipinski definition) is 5. The molecule has 0 aliphatic heterocycles. The Morgan fingerprint density at radius 2 is 1.40 bits per heavy atom. The van der Waals surface area contributed by atoms with Crippen LogP contribution in [0.15, 0.2) is 90.2 Å². The van der Waals surface area contributed by atoms with Crippen LogP contribution in [-0.2, 0) is 14.3 Å². The molecule has 0 atom stereocenters. The quantitative estimate of drug-likeness (QED) is 0.114. The summed E-state index contributed by atoms with van der Waals surface area (Å²) in [6, 6.07) is 16.8. The minimum Gasteiger partial charge on any atom is -0.496 e. The van der Waals surface area contributed by atoms with Gasteiger partial charge in [-0.2, -0.15) is 0 Å². The lowest BCUT2D eigenvalue weighted by molar-refractivity contribution is -0.117. The third kappa shape index (κ3) is 16.0. The van der Waals surface area contributed by atoms with E-state index in [-0.39, 0.29) is 5.78 Å². The van der Waals surface area contributed by atoms with E-state index in [0.717, 1.165) is 55.1 Å². The number of ether oxygens (including phenoxy) is 1. The first-order chi connectivity index (χ1) is 20.1. The summed E-state index contributed by atoms with van der Waals surface area (Å²) in [5.41, 5.74) is 6.97. The van der Waals surface area contributed by atoms with E-state index in [1.165, 1.54) is 11.1 Å². The van der Waals surface area contributed by atoms with Crippen molar-refractivity contribution in [3.8, 4) is 11.1 Å². The van der Waals surface area contributed by atoms with Crippen LogP contribution in [0.4, 0.5) is 0 Å². The van der Waals surface area contributed by atoms with Gasteiger partial charge in [-0.3, -0.25) is 4.79 Å². The highest BCUT2D eigenvalue weighted by Gasteiger charge is 2.19. The fraction of sp³-hybridized carbons (Fsp3) is 0.405. The molecule has 2 aromatic carbocycles. The highest BCUT2D eigenvalue weighted by molar-refractivity contribution is 6.00. The van der Waals surface area contributed by atoms with Gasteiger partial charge in [-0.1, -0.05) is 99.2 Å². The molecule has 0 bridgehead atoms. The van der Waals surface area contributed by atoms with Gasteiger partial charge < -0.3 is 19.7 Å². The maximum Gasteiger partial charge on any atom is 0.163 e. The van der Waals surface area contributed by atoms with Gasteiger partial charge in [0.15, 0.2) is 5.78 Å². The molecule has 0 radical (unpaired) electrons. The molecule has 0 unspecified atom stereocenters. The predicted octanol–water partition coefficient (Wildman–Crippen LogP) is 8.84. The monoisotopic (exact) mass is 578 g/mol. The molecule has 0 heterocycles. The zero-order valence-corrected chi connectivity index (χ0v) is 27.4. The number of ketones is 2. The van der Waals surface area contributed by atoms with Gasteiger partial charge in [0.25, 0.3) is 0 Å². The lowest BCUT2D eigenvalue weighted by atomic mass is 9.94. The Kier molecular flexibility index (Phi) is 24.4. The first-order valence-electron chi connectivity index (χ1n) is 14.6. The first-order valence-corrected chi connectivity index (χ1v) is 14.6. The van der Waals surface area contributed by atoms with Gasteiger partial charge in [0.1, 0.15) is 11.5 Å². The second kappa shape index (κ2) is 25.2. The number of rotatable bonds is 12. The summed E-state index contributed by atoms with van der Waals surface area (Å²) >= 11 is 0. The summed E-state index contributed by atoms with van der Waals surface area (Å²) in [7, 11) is 2.61. The van der Waals surface area contributed by atoms with Gasteiger partial charge in [-0.05, 0) is 81.7 Å². The van der Waals surface area contributed by atoms with E-state index < -0.39 is 0 Å². The minimum atomic E-state index is -0.0307. The van der Waals surface area contributed by atoms with Gasteiger partial charge in [-0.15, -0.1) is 0 Å². The molecule has 232 valence electrons. The minimum absolute atomic E-state index is 0.0307. The summed E-state index contributed by atoms with van der Waals surface area (Å²) in [6.45, 7) is 17.5. The summed E-state index contributed by atoms with van der Waals surface area (Å²) in [6.07, 6.45) is 10.2. The second-order valence-electron chi connectivity index (χ2n) is 9.56. The molecule has 0 aliphatic carbocycles. The topological polar surface area (TPSA) is 83.8 Å². The van der Waals surface area contributed by atoms with Crippen LogP contribution in [0.5, 0.6) is 0 Å². The molecule has 2 aromatic rings. The lowest BCUT2D eigenvalue weighted by Crippen LogP contribution is -2.08. The van der Waals surface area contributed by atoms with Crippen molar-refractivity contribution >= 4 is 17.1 Å². The molecule has 0 saturated heterocycles. The smallest absolute Gasteiger partial charge is 0.163 e. The Labute approximate surface area is 255 Å². The highest BCUT2D eigenvalue weighted by Crippen LogP contribution is 2.30. The van der Waals surface area contributed by atoms with Crippen LogP contribution in [-0.4, -0.2) is 42.6 Å². The number of methoxy groups -OCH3 is 1. The number of hydrogen-bond donors (Lipinski definition) is 2. The fourth-order valence-corrected chi connectivity index (χ4v) is 3.72. The Hall–Kier alpha value is -3.54. The van der Waals surface area contributed by atoms with Crippen LogP contribution in [0.2, 0.25) is 0 Å². The van der Waals surface area contributed by atoms with E-state index in [0.29, 0.717) is 30.1 Å². The van der Waals surface area contributed by atoms with Crippen LogP contribution in [0.25, 0.3) is 16.7 Å². The van der Waals surface area contributed by atoms with Crippen LogP contribution in [0.3, 0.4) is 0 Å². The normalized spacial score (nSPS) is 11.3. The average molecular weight is 579 g/mol. The summed E-state index contributed by atoms with van der Waals surface area (Å²) in [5, 5.41) is 14.9. The van der Waals surface area contributed by atoms with Crippen LogP contribution >= 0.6 is 0 Å². The molecule has 5 heteroatoms. The Bertz CT molecular complexity index is 1130. The zero-order valence-electron chi connectivity index (χ0n) is 27.4. The maximum absolute atomic E-state index is 12.5. The predicted molar refractivity (Wildman–Crippen MR) is 179 cm³/mol.